The molecule has 0 aliphatic carbocycles. The maximum Gasteiger partial charge on any atom is 0.201 e. The summed E-state index contributed by atoms with van der Waals surface area (Å²) in [5.74, 6) is 0.563. The molecular formula is C13H14ClN3O. The molecule has 0 spiro atoms. The number of nitrogen functional groups attached to an aromatic ring is 1. The van der Waals surface area contributed by atoms with E-state index < -0.39 is 0 Å². The smallest absolute Gasteiger partial charge is 0.201 e. The van der Waals surface area contributed by atoms with Crippen molar-refractivity contribution in [2.75, 3.05) is 5.73 Å². The van der Waals surface area contributed by atoms with Crippen LogP contribution in [0.4, 0.5) is 5.95 Å². The SMILES string of the molecule is Nc1nc2ccc(Cl)cc2n1C1CC2CCC1O2. The van der Waals surface area contributed by atoms with Crippen LogP contribution in [0.25, 0.3) is 11.0 Å². The summed E-state index contributed by atoms with van der Waals surface area (Å²) in [5.41, 5.74) is 7.99. The average molecular weight is 264 g/mol. The molecule has 2 bridgehead atoms. The van der Waals surface area contributed by atoms with Gasteiger partial charge in [0.05, 0.1) is 29.3 Å². The minimum Gasteiger partial charge on any atom is -0.373 e. The van der Waals surface area contributed by atoms with Gasteiger partial charge < -0.3 is 15.0 Å². The maximum absolute atomic E-state index is 6.07. The Balaban J connectivity index is 1.88. The van der Waals surface area contributed by atoms with Crippen molar-refractivity contribution in [2.24, 2.45) is 0 Å². The molecule has 4 nitrogen and oxygen atoms in total. The van der Waals surface area contributed by atoms with Gasteiger partial charge in [-0.25, -0.2) is 4.98 Å². The molecule has 3 unspecified atom stereocenters. The van der Waals surface area contributed by atoms with E-state index in [0.717, 1.165) is 23.9 Å². The highest BCUT2D eigenvalue weighted by molar-refractivity contribution is 6.31. The van der Waals surface area contributed by atoms with E-state index in [2.05, 4.69) is 9.55 Å². The van der Waals surface area contributed by atoms with E-state index in [1.54, 1.807) is 0 Å². The van der Waals surface area contributed by atoms with E-state index in [0.29, 0.717) is 23.1 Å². The number of ether oxygens (including phenoxy) is 1. The first-order chi connectivity index (χ1) is 8.72. The molecule has 3 atom stereocenters. The second-order valence-electron chi connectivity index (χ2n) is 5.15. The van der Waals surface area contributed by atoms with Crippen molar-refractivity contribution in [3.63, 3.8) is 0 Å². The van der Waals surface area contributed by atoms with Gasteiger partial charge in [-0.1, -0.05) is 11.6 Å². The minimum absolute atomic E-state index is 0.286. The number of benzene rings is 1. The third kappa shape index (κ3) is 1.39. The molecule has 2 fully saturated rings. The van der Waals surface area contributed by atoms with Crippen LogP contribution in [0.15, 0.2) is 18.2 Å². The highest BCUT2D eigenvalue weighted by Gasteiger charge is 2.42. The molecule has 3 heterocycles. The average Bonchev–Trinajstić information content (AvgIpc) is 3.01. The van der Waals surface area contributed by atoms with Crippen molar-refractivity contribution in [3.05, 3.63) is 23.2 Å². The third-order valence-electron chi connectivity index (χ3n) is 4.08. The third-order valence-corrected chi connectivity index (χ3v) is 4.32. The Bertz CT molecular complexity index is 624. The summed E-state index contributed by atoms with van der Waals surface area (Å²) in [6.45, 7) is 0. The fraction of sp³-hybridized carbons (Fsp3) is 0.462. The van der Waals surface area contributed by atoms with E-state index in [1.165, 1.54) is 6.42 Å². The first-order valence-corrected chi connectivity index (χ1v) is 6.68. The van der Waals surface area contributed by atoms with Gasteiger partial charge in [-0.05, 0) is 37.5 Å². The number of halogens is 1. The van der Waals surface area contributed by atoms with Crippen molar-refractivity contribution < 1.29 is 4.74 Å². The van der Waals surface area contributed by atoms with Crippen molar-refractivity contribution in [2.45, 2.75) is 37.5 Å². The van der Waals surface area contributed by atoms with Gasteiger partial charge >= 0.3 is 0 Å². The van der Waals surface area contributed by atoms with Crippen LogP contribution in [0.5, 0.6) is 0 Å². The van der Waals surface area contributed by atoms with E-state index >= 15 is 0 Å². The minimum atomic E-state index is 0.286. The number of anilines is 1. The van der Waals surface area contributed by atoms with Gasteiger partial charge in [0.25, 0.3) is 0 Å². The molecule has 0 saturated carbocycles. The summed E-state index contributed by atoms with van der Waals surface area (Å²) in [6, 6.07) is 6.01. The monoisotopic (exact) mass is 263 g/mol. The van der Waals surface area contributed by atoms with Crippen molar-refractivity contribution in [1.82, 2.24) is 9.55 Å². The van der Waals surface area contributed by atoms with Crippen molar-refractivity contribution >= 4 is 28.6 Å². The number of hydrogen-bond acceptors (Lipinski definition) is 3. The Kier molecular flexibility index (Phi) is 2.14. The summed E-state index contributed by atoms with van der Waals surface area (Å²) < 4.78 is 8.01. The second kappa shape index (κ2) is 3.62. The lowest BCUT2D eigenvalue weighted by Crippen LogP contribution is -2.22. The molecule has 4 rings (SSSR count). The summed E-state index contributed by atoms with van der Waals surface area (Å²) >= 11 is 6.07. The zero-order chi connectivity index (χ0) is 12.3. The fourth-order valence-corrected chi connectivity index (χ4v) is 3.48. The predicted octanol–water partition coefficient (Wildman–Crippen LogP) is 2.76. The molecule has 0 amide bonds. The molecule has 0 radical (unpaired) electrons. The van der Waals surface area contributed by atoms with Gasteiger partial charge in [0.1, 0.15) is 0 Å². The molecule has 18 heavy (non-hydrogen) atoms. The van der Waals surface area contributed by atoms with E-state index in [9.17, 15) is 0 Å². The van der Waals surface area contributed by atoms with E-state index in [1.807, 2.05) is 18.2 Å². The van der Waals surface area contributed by atoms with Crippen LogP contribution < -0.4 is 5.73 Å². The summed E-state index contributed by atoms with van der Waals surface area (Å²) in [5, 5.41) is 0.715. The molecule has 2 saturated heterocycles. The lowest BCUT2D eigenvalue weighted by Gasteiger charge is -2.22. The van der Waals surface area contributed by atoms with Crippen LogP contribution in [-0.2, 0) is 4.74 Å². The molecule has 2 aromatic rings. The molecule has 2 N–H and O–H groups in total. The topological polar surface area (TPSA) is 53.1 Å². The summed E-state index contributed by atoms with van der Waals surface area (Å²) in [6.07, 6.45) is 4.01. The number of nitrogens with two attached hydrogens (primary N) is 1. The van der Waals surface area contributed by atoms with Gasteiger partial charge in [-0.15, -0.1) is 0 Å². The number of aromatic nitrogens is 2. The Morgan fingerprint density at radius 2 is 2.28 bits per heavy atom. The zero-order valence-electron chi connectivity index (χ0n) is 9.84. The highest BCUT2D eigenvalue weighted by Crippen LogP contribution is 2.43. The molecule has 5 heteroatoms. The van der Waals surface area contributed by atoms with Gasteiger partial charge in [-0.2, -0.15) is 0 Å². The second-order valence-corrected chi connectivity index (χ2v) is 5.59. The Hall–Kier alpha value is -1.26. The first kappa shape index (κ1) is 10.6. The number of fused-ring (bicyclic) bond motifs is 3. The van der Waals surface area contributed by atoms with Crippen LogP contribution in [0.3, 0.4) is 0 Å². The van der Waals surface area contributed by atoms with Crippen LogP contribution in [-0.4, -0.2) is 21.8 Å². The molecule has 1 aromatic carbocycles. The van der Waals surface area contributed by atoms with Crippen LogP contribution in [0.1, 0.15) is 25.3 Å². The molecule has 2 aliphatic heterocycles. The Morgan fingerprint density at radius 3 is 3.00 bits per heavy atom. The van der Waals surface area contributed by atoms with Gasteiger partial charge in [-0.3, -0.25) is 0 Å². The Morgan fingerprint density at radius 1 is 1.39 bits per heavy atom. The van der Waals surface area contributed by atoms with Crippen molar-refractivity contribution in [1.29, 1.82) is 0 Å². The lowest BCUT2D eigenvalue weighted by atomic mass is 9.95. The maximum atomic E-state index is 6.07. The zero-order valence-corrected chi connectivity index (χ0v) is 10.6. The highest BCUT2D eigenvalue weighted by atomic mass is 35.5. The van der Waals surface area contributed by atoms with E-state index in [-0.39, 0.29) is 6.10 Å². The normalized spacial score (nSPS) is 30.4. The lowest BCUT2D eigenvalue weighted by molar-refractivity contribution is 0.0945. The van der Waals surface area contributed by atoms with Gasteiger partial charge in [0.15, 0.2) is 0 Å². The molecule has 1 aromatic heterocycles. The van der Waals surface area contributed by atoms with Gasteiger partial charge in [0, 0.05) is 5.02 Å². The van der Waals surface area contributed by atoms with Crippen molar-refractivity contribution in [3.8, 4) is 0 Å². The summed E-state index contributed by atoms with van der Waals surface area (Å²) in [4.78, 5) is 4.41. The van der Waals surface area contributed by atoms with Crippen LogP contribution in [0.2, 0.25) is 5.02 Å². The standard InChI is InChI=1S/C13H14ClN3O/c14-7-1-3-9-10(5-7)17(13(15)16-9)11-6-8-2-4-12(11)18-8/h1,3,5,8,11-12H,2,4,6H2,(H2,15,16). The van der Waals surface area contributed by atoms with Crippen LogP contribution in [0, 0.1) is 0 Å². The summed E-state index contributed by atoms with van der Waals surface area (Å²) in [7, 11) is 0. The quantitative estimate of drug-likeness (QED) is 0.861. The van der Waals surface area contributed by atoms with E-state index in [4.69, 9.17) is 22.1 Å². The van der Waals surface area contributed by atoms with Gasteiger partial charge in [0.2, 0.25) is 5.95 Å². The molecular weight excluding hydrogens is 250 g/mol. The van der Waals surface area contributed by atoms with Crippen LogP contribution >= 0.6 is 11.6 Å². The number of imidazole rings is 1. The first-order valence-electron chi connectivity index (χ1n) is 6.31. The Labute approximate surface area is 110 Å². The fourth-order valence-electron chi connectivity index (χ4n) is 3.32. The molecule has 94 valence electrons. The molecule has 2 aliphatic rings. The largest absolute Gasteiger partial charge is 0.373 e. The number of nitrogens with zero attached hydrogens (tertiary/aromatic N) is 2. The predicted molar refractivity (Wildman–Crippen MR) is 70.7 cm³/mol. The number of rotatable bonds is 1. The number of hydrogen-bond donors (Lipinski definition) is 1.